The number of ketones is 2. The van der Waals surface area contributed by atoms with Crippen LogP contribution in [-0.2, 0) is 14.3 Å². The Morgan fingerprint density at radius 1 is 1.22 bits per heavy atom. The van der Waals surface area contributed by atoms with Crippen molar-refractivity contribution in [3.63, 3.8) is 0 Å². The molecule has 0 aliphatic heterocycles. The first-order chi connectivity index (χ1) is 16.9. The van der Waals surface area contributed by atoms with E-state index in [0.717, 1.165) is 0 Å². The molecule has 0 unspecified atom stereocenters. The van der Waals surface area contributed by atoms with Gasteiger partial charge in [-0.15, -0.1) is 23.2 Å². The Balaban J connectivity index is 1.64. The maximum Gasteiger partial charge on any atom is 0.375 e. The molecule has 36 heavy (non-hydrogen) atoms. The number of ether oxygens (including phenoxy) is 1. The van der Waals surface area contributed by atoms with Crippen molar-refractivity contribution in [1.29, 1.82) is 0 Å². The zero-order valence-electron chi connectivity index (χ0n) is 20.4. The van der Waals surface area contributed by atoms with Crippen molar-refractivity contribution in [2.75, 3.05) is 5.88 Å². The molecule has 0 saturated heterocycles. The molecule has 9 heteroatoms. The minimum Gasteiger partial charge on any atom is -0.457 e. The van der Waals surface area contributed by atoms with Crippen LogP contribution in [0, 0.1) is 28.6 Å². The highest BCUT2D eigenvalue weighted by atomic mass is 35.5. The van der Waals surface area contributed by atoms with Crippen molar-refractivity contribution in [1.82, 2.24) is 0 Å². The van der Waals surface area contributed by atoms with Crippen molar-refractivity contribution >= 4 is 40.7 Å². The van der Waals surface area contributed by atoms with Gasteiger partial charge in [-0.3, -0.25) is 9.59 Å². The highest BCUT2D eigenvalue weighted by Crippen LogP contribution is 2.72. The minimum absolute atomic E-state index is 0.0357. The van der Waals surface area contributed by atoms with Gasteiger partial charge in [0, 0.05) is 16.7 Å². The van der Waals surface area contributed by atoms with Crippen molar-refractivity contribution in [2.45, 2.75) is 62.7 Å². The molecule has 0 amide bonds. The van der Waals surface area contributed by atoms with Gasteiger partial charge in [-0.25, -0.2) is 4.79 Å². The van der Waals surface area contributed by atoms with Gasteiger partial charge in [0.2, 0.25) is 5.76 Å². The fourth-order valence-electron chi connectivity index (χ4n) is 8.13. The molecule has 7 nitrogen and oxygen atoms in total. The number of furan rings is 1. The molecule has 1 heterocycles. The first kappa shape index (κ1) is 25.7. The molecular weight excluding hydrogens is 507 g/mol. The Morgan fingerprint density at radius 2 is 1.94 bits per heavy atom. The first-order valence-corrected chi connectivity index (χ1v) is 13.1. The van der Waals surface area contributed by atoms with Crippen molar-refractivity contribution < 1.29 is 33.8 Å². The first-order valence-electron chi connectivity index (χ1n) is 12.2. The molecule has 0 bridgehead atoms. The maximum absolute atomic E-state index is 13.6. The summed E-state index contributed by atoms with van der Waals surface area (Å²) in [6.07, 6.45) is 4.52. The molecule has 3 saturated carbocycles. The van der Waals surface area contributed by atoms with Crippen LogP contribution in [0.5, 0.6) is 0 Å². The number of Topliss-reactive ketones (excluding diaryl/α,β-unsaturated/α-hetero) is 1. The summed E-state index contributed by atoms with van der Waals surface area (Å²) in [5.41, 5.74) is -3.14. The summed E-state index contributed by atoms with van der Waals surface area (Å²) in [4.78, 5) is 37.6. The average molecular weight is 537 g/mol. The number of rotatable bonds is 4. The van der Waals surface area contributed by atoms with Crippen molar-refractivity contribution in [3.8, 4) is 0 Å². The molecule has 0 radical (unpaired) electrons. The molecule has 4 aliphatic rings. The molecule has 9 atom stereocenters. The maximum atomic E-state index is 13.6. The van der Waals surface area contributed by atoms with Crippen LogP contribution in [0.15, 0.2) is 46.6 Å². The van der Waals surface area contributed by atoms with Crippen LogP contribution in [0.2, 0.25) is 0 Å². The zero-order valence-corrected chi connectivity index (χ0v) is 21.9. The van der Waals surface area contributed by atoms with E-state index in [2.05, 4.69) is 0 Å². The summed E-state index contributed by atoms with van der Waals surface area (Å²) < 4.78 is 11.3. The number of fused-ring (bicyclic) bond motifs is 5. The number of hydrogen-bond donors (Lipinski definition) is 2. The Labute approximate surface area is 219 Å². The number of aliphatic hydroxyl groups is 2. The normalized spacial score (nSPS) is 45.4. The van der Waals surface area contributed by atoms with E-state index >= 15 is 0 Å². The fraction of sp³-hybridized carbons (Fsp3) is 0.593. The number of carbonyl (C=O) groups is 3. The predicted octanol–water partition coefficient (Wildman–Crippen LogP) is 3.84. The summed E-state index contributed by atoms with van der Waals surface area (Å²) in [5.74, 6) is -3.03. The van der Waals surface area contributed by atoms with Crippen LogP contribution in [-0.4, -0.2) is 56.3 Å². The smallest absolute Gasteiger partial charge is 0.375 e. The summed E-state index contributed by atoms with van der Waals surface area (Å²) in [6.45, 7) is 5.53. The quantitative estimate of drug-likeness (QED) is 0.443. The number of alkyl halides is 2. The molecule has 0 spiro atoms. The van der Waals surface area contributed by atoms with Gasteiger partial charge in [-0.1, -0.05) is 26.8 Å². The summed E-state index contributed by atoms with van der Waals surface area (Å²) in [7, 11) is 0. The fourth-order valence-corrected chi connectivity index (χ4v) is 8.82. The highest BCUT2D eigenvalue weighted by molar-refractivity contribution is 6.29. The topological polar surface area (TPSA) is 114 Å². The van der Waals surface area contributed by atoms with E-state index in [9.17, 15) is 24.6 Å². The van der Waals surface area contributed by atoms with Crippen LogP contribution >= 0.6 is 23.2 Å². The van der Waals surface area contributed by atoms with Crippen molar-refractivity contribution in [3.05, 3.63) is 48.0 Å². The lowest BCUT2D eigenvalue weighted by molar-refractivity contribution is -0.180. The van der Waals surface area contributed by atoms with Gasteiger partial charge < -0.3 is 19.4 Å². The van der Waals surface area contributed by atoms with E-state index < -0.39 is 57.1 Å². The Kier molecular flexibility index (Phi) is 5.92. The van der Waals surface area contributed by atoms with Crippen LogP contribution in [0.25, 0.3) is 0 Å². The van der Waals surface area contributed by atoms with Gasteiger partial charge in [0.15, 0.2) is 17.2 Å². The minimum atomic E-state index is -1.62. The Bertz CT molecular complexity index is 1170. The molecule has 1 aromatic rings. The van der Waals surface area contributed by atoms with Crippen molar-refractivity contribution in [2.24, 2.45) is 28.6 Å². The largest absolute Gasteiger partial charge is 0.457 e. The van der Waals surface area contributed by atoms with Gasteiger partial charge in [-0.05, 0) is 61.0 Å². The summed E-state index contributed by atoms with van der Waals surface area (Å²) in [6, 6.07) is 3.02. The third-order valence-electron chi connectivity index (χ3n) is 9.72. The van der Waals surface area contributed by atoms with Crippen LogP contribution in [0.1, 0.15) is 50.6 Å². The molecule has 1 aromatic heterocycles. The number of aliphatic hydroxyl groups excluding tert-OH is 2. The van der Waals surface area contributed by atoms with E-state index in [-0.39, 0.29) is 36.2 Å². The molecule has 0 aromatic carbocycles. The van der Waals surface area contributed by atoms with E-state index in [4.69, 9.17) is 32.4 Å². The number of halogens is 2. The second kappa shape index (κ2) is 8.29. The molecule has 5 rings (SSSR count). The SMILES string of the molecule is C[C@@H]1C[C@H]2[C@@H]3C[C@@H](O)C4=CC(=O)C=C[C@]4(C)[C@@]3(Cl)[C@@H](O)C[C@]2(C)[C@@]1(OC(=O)c1ccco1)C(=O)CCl. The zero-order chi connectivity index (χ0) is 26.3. The van der Waals surface area contributed by atoms with Gasteiger partial charge in [-0.2, -0.15) is 0 Å². The van der Waals surface area contributed by atoms with Gasteiger partial charge in [0.25, 0.3) is 0 Å². The Hall–Kier alpha value is -1.93. The number of carbonyl (C=O) groups excluding carboxylic acids is 3. The molecular formula is C27H30Cl2O7. The predicted molar refractivity (Wildman–Crippen MR) is 132 cm³/mol. The standard InChI is InChI=1S/C27H30Cl2O7/c1-14-9-16-17-11-19(31)18-10-15(30)6-7-24(18,2)26(17,29)21(32)12-25(16,3)27(14,22(33)13-28)36-23(34)20-5-4-8-35-20/h4-8,10,14,16-17,19,21,31-32H,9,11-13H2,1-3H3/t14-,16+,17+,19-,21+,24+,25+,26+,27+/m1/s1. The average Bonchev–Trinajstić information content (AvgIpc) is 3.44. The van der Waals surface area contributed by atoms with E-state index in [1.807, 2.05) is 20.8 Å². The van der Waals surface area contributed by atoms with E-state index in [1.54, 1.807) is 12.1 Å². The lowest BCUT2D eigenvalue weighted by atomic mass is 9.45. The lowest BCUT2D eigenvalue weighted by Gasteiger charge is -2.64. The third-order valence-corrected chi connectivity index (χ3v) is 10.9. The molecule has 2 N–H and O–H groups in total. The highest BCUT2D eigenvalue weighted by Gasteiger charge is 2.77. The van der Waals surface area contributed by atoms with E-state index in [1.165, 1.54) is 24.5 Å². The number of allylic oxidation sites excluding steroid dienone is 3. The number of esters is 1. The monoisotopic (exact) mass is 536 g/mol. The molecule has 4 aliphatic carbocycles. The van der Waals surface area contributed by atoms with Gasteiger partial charge in [0.1, 0.15) is 0 Å². The van der Waals surface area contributed by atoms with E-state index in [0.29, 0.717) is 12.0 Å². The van der Waals surface area contributed by atoms with Crippen LogP contribution < -0.4 is 0 Å². The second-order valence-corrected chi connectivity index (χ2v) is 12.1. The summed E-state index contributed by atoms with van der Waals surface area (Å²) >= 11 is 13.5. The van der Waals surface area contributed by atoms with Gasteiger partial charge >= 0.3 is 5.97 Å². The third kappa shape index (κ3) is 3.03. The summed E-state index contributed by atoms with van der Waals surface area (Å²) in [5, 5.41) is 22.9. The van der Waals surface area contributed by atoms with Crippen LogP contribution in [0.3, 0.4) is 0 Å². The number of hydrogen-bond acceptors (Lipinski definition) is 7. The molecule has 194 valence electrons. The van der Waals surface area contributed by atoms with Crippen LogP contribution in [0.4, 0.5) is 0 Å². The second-order valence-electron chi connectivity index (χ2n) is 11.2. The van der Waals surface area contributed by atoms with Gasteiger partial charge in [0.05, 0.1) is 29.2 Å². The Morgan fingerprint density at radius 3 is 2.58 bits per heavy atom. The lowest BCUT2D eigenvalue weighted by Crippen LogP contribution is -2.70. The molecule has 3 fully saturated rings.